The highest BCUT2D eigenvalue weighted by Gasteiger charge is 2.07. The summed E-state index contributed by atoms with van der Waals surface area (Å²) in [6.45, 7) is 0. The third kappa shape index (κ3) is 2.58. The van der Waals surface area contributed by atoms with Gasteiger partial charge in [-0.2, -0.15) is 0 Å². The Morgan fingerprint density at radius 3 is 2.76 bits per heavy atom. The van der Waals surface area contributed by atoms with Gasteiger partial charge in [0.2, 0.25) is 0 Å². The molecule has 0 aliphatic carbocycles. The molecule has 0 radical (unpaired) electrons. The Kier molecular flexibility index (Phi) is 3.31. The van der Waals surface area contributed by atoms with Crippen molar-refractivity contribution in [2.45, 2.75) is 0 Å². The molecule has 0 saturated heterocycles. The summed E-state index contributed by atoms with van der Waals surface area (Å²) in [7, 11) is 1.51. The summed E-state index contributed by atoms with van der Waals surface area (Å²) >= 11 is 0. The lowest BCUT2D eigenvalue weighted by Gasteiger charge is -2.13. The maximum Gasteiger partial charge on any atom is 0.145 e. The lowest BCUT2D eigenvalue weighted by molar-refractivity contribution is 0.413. The second-order valence-electron chi connectivity index (χ2n) is 4.60. The van der Waals surface area contributed by atoms with Crippen molar-refractivity contribution in [2.75, 3.05) is 18.2 Å². The lowest BCUT2D eigenvalue weighted by Crippen LogP contribution is -1.97. The summed E-state index contributed by atoms with van der Waals surface area (Å²) in [6.07, 6.45) is 1.69. The van der Waals surface area contributed by atoms with Gasteiger partial charge in [0.15, 0.2) is 0 Å². The van der Waals surface area contributed by atoms with E-state index in [1.54, 1.807) is 12.3 Å². The first-order valence-electron chi connectivity index (χ1n) is 6.42. The third-order valence-electron chi connectivity index (χ3n) is 3.20. The van der Waals surface area contributed by atoms with Crippen molar-refractivity contribution < 1.29 is 9.13 Å². The second kappa shape index (κ2) is 5.28. The van der Waals surface area contributed by atoms with E-state index in [1.165, 1.54) is 19.2 Å². The Balaban J connectivity index is 2.06. The van der Waals surface area contributed by atoms with Crippen molar-refractivity contribution in [3.8, 4) is 5.75 Å². The van der Waals surface area contributed by atoms with Crippen LogP contribution in [0.25, 0.3) is 10.9 Å². The topological polar surface area (TPSA) is 60.2 Å². The van der Waals surface area contributed by atoms with Crippen LogP contribution in [0.4, 0.5) is 21.5 Å². The molecule has 0 aliphatic rings. The molecular formula is C16H14FN3O. The van der Waals surface area contributed by atoms with E-state index in [1.807, 2.05) is 24.3 Å². The Morgan fingerprint density at radius 1 is 1.10 bits per heavy atom. The standard InChI is InChI=1S/C16H14FN3O/c1-21-16-8-10(17)2-5-14(16)20-13-6-7-19-15-9-11(18)3-4-12(13)15/h2-9H,18H2,1H3,(H,19,20). The van der Waals surface area contributed by atoms with E-state index < -0.39 is 0 Å². The zero-order valence-electron chi connectivity index (χ0n) is 11.4. The third-order valence-corrected chi connectivity index (χ3v) is 3.20. The average molecular weight is 283 g/mol. The molecule has 0 bridgehead atoms. The molecule has 0 amide bonds. The minimum absolute atomic E-state index is 0.343. The molecule has 3 aromatic rings. The van der Waals surface area contributed by atoms with Crippen molar-refractivity contribution in [2.24, 2.45) is 0 Å². The summed E-state index contributed by atoms with van der Waals surface area (Å²) in [6, 6.07) is 11.7. The molecule has 0 fully saturated rings. The number of halogens is 1. The van der Waals surface area contributed by atoms with Crippen LogP contribution in [0.5, 0.6) is 5.75 Å². The maximum atomic E-state index is 13.2. The Bertz CT molecular complexity index is 805. The van der Waals surface area contributed by atoms with E-state index in [0.717, 1.165) is 16.6 Å². The zero-order valence-corrected chi connectivity index (χ0v) is 11.4. The van der Waals surface area contributed by atoms with Gasteiger partial charge in [0.1, 0.15) is 11.6 Å². The monoisotopic (exact) mass is 283 g/mol. The number of nitrogens with one attached hydrogen (secondary N) is 1. The van der Waals surface area contributed by atoms with Gasteiger partial charge in [-0.05, 0) is 36.4 Å². The molecule has 0 atom stereocenters. The van der Waals surface area contributed by atoms with Crippen LogP contribution in [-0.4, -0.2) is 12.1 Å². The zero-order chi connectivity index (χ0) is 14.8. The Hall–Kier alpha value is -2.82. The quantitative estimate of drug-likeness (QED) is 0.719. The molecule has 0 saturated carbocycles. The fraction of sp³-hybridized carbons (Fsp3) is 0.0625. The summed E-state index contributed by atoms with van der Waals surface area (Å²) in [4.78, 5) is 4.29. The van der Waals surface area contributed by atoms with E-state index >= 15 is 0 Å². The second-order valence-corrected chi connectivity index (χ2v) is 4.60. The van der Waals surface area contributed by atoms with Crippen molar-refractivity contribution in [3.05, 3.63) is 54.5 Å². The fourth-order valence-corrected chi connectivity index (χ4v) is 2.19. The maximum absolute atomic E-state index is 13.2. The number of nitrogen functional groups attached to an aromatic ring is 1. The van der Waals surface area contributed by atoms with Gasteiger partial charge >= 0.3 is 0 Å². The van der Waals surface area contributed by atoms with Gasteiger partial charge in [0.25, 0.3) is 0 Å². The van der Waals surface area contributed by atoms with Gasteiger partial charge in [-0.25, -0.2) is 4.39 Å². The van der Waals surface area contributed by atoms with Crippen LogP contribution in [0.2, 0.25) is 0 Å². The number of benzene rings is 2. The summed E-state index contributed by atoms with van der Waals surface area (Å²) in [5.74, 6) is 0.0974. The van der Waals surface area contributed by atoms with E-state index in [9.17, 15) is 4.39 Å². The number of rotatable bonds is 3. The summed E-state index contributed by atoms with van der Waals surface area (Å²) in [5, 5.41) is 4.17. The molecule has 0 aliphatic heterocycles. The fourth-order valence-electron chi connectivity index (χ4n) is 2.19. The number of anilines is 3. The highest BCUT2D eigenvalue weighted by atomic mass is 19.1. The van der Waals surface area contributed by atoms with Gasteiger partial charge < -0.3 is 15.8 Å². The first-order valence-corrected chi connectivity index (χ1v) is 6.42. The molecule has 3 N–H and O–H groups in total. The summed E-state index contributed by atoms with van der Waals surface area (Å²) < 4.78 is 18.4. The number of hydrogen-bond acceptors (Lipinski definition) is 4. The van der Waals surface area contributed by atoms with Crippen LogP contribution in [-0.2, 0) is 0 Å². The van der Waals surface area contributed by atoms with Gasteiger partial charge in [0.05, 0.1) is 18.3 Å². The SMILES string of the molecule is COc1cc(F)ccc1Nc1ccnc2cc(N)ccc12. The predicted molar refractivity (Wildman–Crippen MR) is 82.4 cm³/mol. The highest BCUT2D eigenvalue weighted by Crippen LogP contribution is 2.31. The van der Waals surface area contributed by atoms with E-state index in [2.05, 4.69) is 10.3 Å². The summed E-state index contributed by atoms with van der Waals surface area (Å²) in [5.41, 5.74) is 8.75. The minimum atomic E-state index is -0.343. The first-order chi connectivity index (χ1) is 10.2. The Morgan fingerprint density at radius 2 is 1.95 bits per heavy atom. The predicted octanol–water partition coefficient (Wildman–Crippen LogP) is 3.71. The van der Waals surface area contributed by atoms with Gasteiger partial charge in [-0.15, -0.1) is 0 Å². The average Bonchev–Trinajstić information content (AvgIpc) is 2.49. The van der Waals surface area contributed by atoms with Gasteiger partial charge in [-0.1, -0.05) is 0 Å². The van der Waals surface area contributed by atoms with Crippen LogP contribution in [0.3, 0.4) is 0 Å². The normalized spacial score (nSPS) is 10.6. The molecule has 3 rings (SSSR count). The number of aromatic nitrogens is 1. The van der Waals surface area contributed by atoms with E-state index in [-0.39, 0.29) is 5.82 Å². The van der Waals surface area contributed by atoms with Crippen molar-refractivity contribution in [1.82, 2.24) is 4.98 Å². The molecule has 4 nitrogen and oxygen atoms in total. The number of nitrogens with zero attached hydrogens (tertiary/aromatic N) is 1. The highest BCUT2D eigenvalue weighted by molar-refractivity contribution is 5.94. The van der Waals surface area contributed by atoms with Crippen LogP contribution in [0, 0.1) is 5.82 Å². The molecule has 1 heterocycles. The molecule has 1 aromatic heterocycles. The van der Waals surface area contributed by atoms with Gasteiger partial charge in [-0.3, -0.25) is 4.98 Å². The molecule has 106 valence electrons. The van der Waals surface area contributed by atoms with Crippen molar-refractivity contribution >= 4 is 28.0 Å². The number of hydrogen-bond donors (Lipinski definition) is 2. The lowest BCUT2D eigenvalue weighted by atomic mass is 10.1. The molecule has 5 heteroatoms. The molecule has 0 spiro atoms. The van der Waals surface area contributed by atoms with Crippen LogP contribution < -0.4 is 15.8 Å². The number of pyridine rings is 1. The first kappa shape index (κ1) is 13.2. The molecule has 2 aromatic carbocycles. The number of nitrogens with two attached hydrogens (primary N) is 1. The van der Waals surface area contributed by atoms with Crippen LogP contribution in [0.15, 0.2) is 48.7 Å². The minimum Gasteiger partial charge on any atom is -0.494 e. The van der Waals surface area contributed by atoms with Crippen molar-refractivity contribution in [3.63, 3.8) is 0 Å². The van der Waals surface area contributed by atoms with Crippen LogP contribution >= 0.6 is 0 Å². The largest absolute Gasteiger partial charge is 0.494 e. The van der Waals surface area contributed by atoms with Crippen molar-refractivity contribution in [1.29, 1.82) is 0 Å². The molecule has 0 unspecified atom stereocenters. The van der Waals surface area contributed by atoms with Gasteiger partial charge in [0, 0.05) is 29.0 Å². The number of ether oxygens (including phenoxy) is 1. The number of methoxy groups -OCH3 is 1. The number of fused-ring (bicyclic) bond motifs is 1. The van der Waals surface area contributed by atoms with E-state index in [0.29, 0.717) is 17.1 Å². The Labute approximate surface area is 121 Å². The molecular weight excluding hydrogens is 269 g/mol. The smallest absolute Gasteiger partial charge is 0.145 e. The van der Waals surface area contributed by atoms with E-state index in [4.69, 9.17) is 10.5 Å². The van der Waals surface area contributed by atoms with Crippen LogP contribution in [0.1, 0.15) is 0 Å². The molecule has 21 heavy (non-hydrogen) atoms.